The van der Waals surface area contributed by atoms with E-state index in [1.165, 1.54) is 33.5 Å². The molecule has 0 radical (unpaired) electrons. The molecule has 0 aliphatic heterocycles. The summed E-state index contributed by atoms with van der Waals surface area (Å²) in [5.41, 5.74) is 10.2. The highest BCUT2D eigenvalue weighted by Gasteiger charge is 2.16. The molecule has 5 rings (SSSR count). The molecule has 5 aromatic rings. The van der Waals surface area contributed by atoms with Crippen molar-refractivity contribution in [3.63, 3.8) is 0 Å². The molecule has 1 heterocycles. The Morgan fingerprint density at radius 2 is 1.65 bits per heavy atom. The first-order chi connectivity index (χ1) is 17.8. The first-order valence-electron chi connectivity index (χ1n) is 12.6. The van der Waals surface area contributed by atoms with Gasteiger partial charge in [-0.25, -0.2) is 0 Å². The van der Waals surface area contributed by atoms with Crippen LogP contribution < -0.4 is 5.32 Å². The Morgan fingerprint density at radius 1 is 0.892 bits per heavy atom. The Hall–Kier alpha value is -3.82. The molecule has 0 aliphatic carbocycles. The number of rotatable bonds is 6. The van der Waals surface area contributed by atoms with Crippen LogP contribution in [0.25, 0.3) is 22.0 Å². The lowest BCUT2D eigenvalue weighted by molar-refractivity contribution is 0.0940. The lowest BCUT2D eigenvalue weighted by Crippen LogP contribution is -2.26. The highest BCUT2D eigenvalue weighted by atomic mass is 35.5. The standard InChI is InChI=1S/C33H31ClN2O/c1-21-8-5-6-11-30(21)26-14-12-25(13-15-26)20-36-24(4)22(2)31-19-28(16-17-32(31)36)33(37)35-23(3)27-9-7-10-29(34)18-27/h5-19,23H,20H2,1-4H3,(H,35,37)/t23-/m0/s1. The fourth-order valence-electron chi connectivity index (χ4n) is 5.00. The zero-order valence-corrected chi connectivity index (χ0v) is 22.4. The van der Waals surface area contributed by atoms with Crippen molar-refractivity contribution in [3.8, 4) is 11.1 Å². The number of aromatic nitrogens is 1. The van der Waals surface area contributed by atoms with E-state index in [1.54, 1.807) is 0 Å². The number of nitrogens with one attached hydrogen (secondary N) is 1. The molecule has 0 unspecified atom stereocenters. The fourth-order valence-corrected chi connectivity index (χ4v) is 5.20. The zero-order chi connectivity index (χ0) is 26.1. The highest BCUT2D eigenvalue weighted by Crippen LogP contribution is 2.29. The third kappa shape index (κ3) is 5.05. The van der Waals surface area contributed by atoms with Crippen molar-refractivity contribution in [3.05, 3.63) is 130 Å². The minimum Gasteiger partial charge on any atom is -0.346 e. The van der Waals surface area contributed by atoms with Gasteiger partial charge in [-0.1, -0.05) is 72.3 Å². The quantitative estimate of drug-likeness (QED) is 0.246. The number of hydrogen-bond donors (Lipinski definition) is 1. The highest BCUT2D eigenvalue weighted by molar-refractivity contribution is 6.30. The third-order valence-electron chi connectivity index (χ3n) is 7.35. The number of fused-ring (bicyclic) bond motifs is 1. The lowest BCUT2D eigenvalue weighted by atomic mass is 9.99. The second-order valence-electron chi connectivity index (χ2n) is 9.79. The number of carbonyl (C=O) groups excluding carboxylic acids is 1. The molecule has 186 valence electrons. The second kappa shape index (κ2) is 10.3. The minimum absolute atomic E-state index is 0.0917. The molecule has 1 atom stereocenters. The van der Waals surface area contributed by atoms with Crippen molar-refractivity contribution in [2.75, 3.05) is 0 Å². The van der Waals surface area contributed by atoms with Gasteiger partial charge in [-0.2, -0.15) is 0 Å². The average Bonchev–Trinajstić information content (AvgIpc) is 3.13. The van der Waals surface area contributed by atoms with Crippen LogP contribution in [0, 0.1) is 20.8 Å². The Kier molecular flexibility index (Phi) is 6.90. The van der Waals surface area contributed by atoms with Crippen molar-refractivity contribution >= 4 is 28.4 Å². The normalized spacial score (nSPS) is 12.0. The van der Waals surface area contributed by atoms with E-state index in [1.807, 2.05) is 43.3 Å². The number of halogens is 1. The number of nitrogens with zero attached hydrogens (tertiary/aromatic N) is 1. The molecule has 1 aromatic heterocycles. The van der Waals surface area contributed by atoms with Gasteiger partial charge in [0.05, 0.1) is 6.04 Å². The maximum Gasteiger partial charge on any atom is 0.251 e. The van der Waals surface area contributed by atoms with E-state index >= 15 is 0 Å². The van der Waals surface area contributed by atoms with Crippen LogP contribution in [0.2, 0.25) is 5.02 Å². The summed E-state index contributed by atoms with van der Waals surface area (Å²) in [6.07, 6.45) is 0. The molecular weight excluding hydrogens is 476 g/mol. The van der Waals surface area contributed by atoms with E-state index < -0.39 is 0 Å². The zero-order valence-electron chi connectivity index (χ0n) is 21.7. The van der Waals surface area contributed by atoms with E-state index in [-0.39, 0.29) is 11.9 Å². The van der Waals surface area contributed by atoms with Crippen LogP contribution in [0.3, 0.4) is 0 Å². The Labute approximate surface area is 223 Å². The van der Waals surface area contributed by atoms with Crippen molar-refractivity contribution in [2.45, 2.75) is 40.3 Å². The second-order valence-corrected chi connectivity index (χ2v) is 10.2. The van der Waals surface area contributed by atoms with Gasteiger partial charge in [-0.3, -0.25) is 4.79 Å². The van der Waals surface area contributed by atoms with Gasteiger partial charge in [0.25, 0.3) is 5.91 Å². The molecule has 0 saturated carbocycles. The summed E-state index contributed by atoms with van der Waals surface area (Å²) in [6.45, 7) is 9.18. The summed E-state index contributed by atoms with van der Waals surface area (Å²) in [4.78, 5) is 13.1. The molecule has 3 nitrogen and oxygen atoms in total. The summed E-state index contributed by atoms with van der Waals surface area (Å²) in [5, 5.41) is 4.88. The number of amides is 1. The van der Waals surface area contributed by atoms with Crippen LogP contribution in [0.1, 0.15) is 51.3 Å². The van der Waals surface area contributed by atoms with Crippen molar-refractivity contribution < 1.29 is 4.79 Å². The van der Waals surface area contributed by atoms with Gasteiger partial charge in [-0.05, 0) is 91.4 Å². The van der Waals surface area contributed by atoms with Crippen molar-refractivity contribution in [2.24, 2.45) is 0 Å². The van der Waals surface area contributed by atoms with Crippen molar-refractivity contribution in [1.29, 1.82) is 0 Å². The van der Waals surface area contributed by atoms with Gasteiger partial charge in [0.15, 0.2) is 0 Å². The number of hydrogen-bond acceptors (Lipinski definition) is 1. The molecule has 0 aliphatic rings. The van der Waals surface area contributed by atoms with Gasteiger partial charge >= 0.3 is 0 Å². The van der Waals surface area contributed by atoms with Crippen LogP contribution >= 0.6 is 11.6 Å². The summed E-state index contributed by atoms with van der Waals surface area (Å²) in [6, 6.07) is 30.7. The van der Waals surface area contributed by atoms with E-state index in [0.29, 0.717) is 10.6 Å². The Bertz CT molecular complexity index is 1600. The molecule has 1 N–H and O–H groups in total. The summed E-state index contributed by atoms with van der Waals surface area (Å²) < 4.78 is 2.34. The van der Waals surface area contributed by atoms with Crippen LogP contribution in [-0.2, 0) is 6.54 Å². The molecule has 0 spiro atoms. The monoisotopic (exact) mass is 506 g/mol. The van der Waals surface area contributed by atoms with E-state index in [9.17, 15) is 4.79 Å². The van der Waals surface area contributed by atoms with Crippen LogP contribution in [-0.4, -0.2) is 10.5 Å². The number of benzene rings is 4. The molecule has 4 heteroatoms. The van der Waals surface area contributed by atoms with Crippen LogP contribution in [0.15, 0.2) is 91.0 Å². The van der Waals surface area contributed by atoms with Gasteiger partial charge < -0.3 is 9.88 Å². The molecule has 0 fully saturated rings. The fraction of sp³-hybridized carbons (Fsp3) is 0.182. The van der Waals surface area contributed by atoms with E-state index in [2.05, 4.69) is 85.3 Å². The largest absolute Gasteiger partial charge is 0.346 e. The van der Waals surface area contributed by atoms with Crippen LogP contribution in [0.4, 0.5) is 0 Å². The predicted molar refractivity (Wildman–Crippen MR) is 154 cm³/mol. The maximum atomic E-state index is 13.1. The SMILES string of the molecule is Cc1ccccc1-c1ccc(Cn2c(C)c(C)c3cc(C(=O)N[C@@H](C)c4cccc(Cl)c4)ccc32)cc1. The lowest BCUT2D eigenvalue weighted by Gasteiger charge is -2.15. The topological polar surface area (TPSA) is 34.0 Å². The smallest absolute Gasteiger partial charge is 0.251 e. The van der Waals surface area contributed by atoms with Gasteiger partial charge in [0.2, 0.25) is 0 Å². The first-order valence-corrected chi connectivity index (χ1v) is 13.0. The average molecular weight is 507 g/mol. The van der Waals surface area contributed by atoms with Gasteiger partial charge in [0, 0.05) is 33.7 Å². The Balaban J connectivity index is 1.38. The molecule has 1 amide bonds. The number of aryl methyl sites for hydroxylation is 2. The maximum absolute atomic E-state index is 13.1. The molecule has 4 aromatic carbocycles. The summed E-state index contributed by atoms with van der Waals surface area (Å²) in [7, 11) is 0. The summed E-state index contributed by atoms with van der Waals surface area (Å²) >= 11 is 6.13. The van der Waals surface area contributed by atoms with Gasteiger partial charge in [0.1, 0.15) is 0 Å². The predicted octanol–water partition coefficient (Wildman–Crippen LogP) is 8.43. The van der Waals surface area contributed by atoms with E-state index in [4.69, 9.17) is 11.6 Å². The number of carbonyl (C=O) groups is 1. The third-order valence-corrected chi connectivity index (χ3v) is 7.58. The Morgan fingerprint density at radius 3 is 2.38 bits per heavy atom. The molecule has 0 saturated heterocycles. The summed E-state index contributed by atoms with van der Waals surface area (Å²) in [5.74, 6) is -0.0917. The molecule has 37 heavy (non-hydrogen) atoms. The van der Waals surface area contributed by atoms with Gasteiger partial charge in [-0.15, -0.1) is 0 Å². The van der Waals surface area contributed by atoms with E-state index in [0.717, 1.165) is 23.0 Å². The minimum atomic E-state index is -0.142. The van der Waals surface area contributed by atoms with Crippen molar-refractivity contribution in [1.82, 2.24) is 9.88 Å². The van der Waals surface area contributed by atoms with Crippen LogP contribution in [0.5, 0.6) is 0 Å². The molecule has 0 bridgehead atoms. The molecular formula is C33H31ClN2O. The first kappa shape index (κ1) is 24.9.